The lowest BCUT2D eigenvalue weighted by Crippen LogP contribution is -2.57. The van der Waals surface area contributed by atoms with Crippen molar-refractivity contribution in [1.82, 2.24) is 5.32 Å². The van der Waals surface area contributed by atoms with Gasteiger partial charge in [0.1, 0.15) is 5.54 Å². The van der Waals surface area contributed by atoms with Crippen LogP contribution in [0, 0.1) is 5.41 Å². The molecule has 132 valence electrons. The number of benzene rings is 1. The molecule has 1 aliphatic heterocycles. The minimum Gasteiger partial charge on any atom is -0.369 e. The number of hydrogen-bond acceptors (Lipinski definition) is 3. The van der Waals surface area contributed by atoms with Crippen molar-refractivity contribution < 1.29 is 9.59 Å². The van der Waals surface area contributed by atoms with Gasteiger partial charge in [0, 0.05) is 5.54 Å². The number of carbonyl (C=O) groups excluding carboxylic acids is 2. The van der Waals surface area contributed by atoms with Crippen molar-refractivity contribution in [3.05, 3.63) is 24.3 Å². The Labute approximate surface area is 144 Å². The summed E-state index contributed by atoms with van der Waals surface area (Å²) in [6.45, 7) is 12.3. The standard InChI is InChI=1S/C19H29N3O2/c1-17(2,3)12-18(4,5)22-16(24)19(6)11-15(23)20-13-9-7-8-10-14(13)21-19/h7-10,21H,11-12H2,1-6H3,(H,20,23)(H,22,24). The minimum atomic E-state index is -0.994. The lowest BCUT2D eigenvalue weighted by molar-refractivity contribution is -0.130. The molecule has 0 radical (unpaired) electrons. The molecule has 0 bridgehead atoms. The summed E-state index contributed by atoms with van der Waals surface area (Å²) >= 11 is 0. The van der Waals surface area contributed by atoms with E-state index in [4.69, 9.17) is 0 Å². The number of rotatable bonds is 3. The normalized spacial score (nSPS) is 21.2. The third-order valence-electron chi connectivity index (χ3n) is 4.05. The van der Waals surface area contributed by atoms with Crippen LogP contribution in [0.2, 0.25) is 0 Å². The van der Waals surface area contributed by atoms with Crippen LogP contribution in [0.25, 0.3) is 0 Å². The Bertz CT molecular complexity index is 646. The molecule has 5 nitrogen and oxygen atoms in total. The number of carbonyl (C=O) groups is 2. The fraction of sp³-hybridized carbons (Fsp3) is 0.579. The van der Waals surface area contributed by atoms with E-state index in [9.17, 15) is 9.59 Å². The van der Waals surface area contributed by atoms with Crippen LogP contribution in [0.1, 0.15) is 54.4 Å². The molecule has 0 saturated heterocycles. The van der Waals surface area contributed by atoms with Crippen LogP contribution >= 0.6 is 0 Å². The van der Waals surface area contributed by atoms with E-state index in [-0.39, 0.29) is 29.2 Å². The molecular formula is C19H29N3O2. The fourth-order valence-corrected chi connectivity index (χ4v) is 3.51. The average molecular weight is 331 g/mol. The van der Waals surface area contributed by atoms with E-state index >= 15 is 0 Å². The molecule has 1 aliphatic rings. The van der Waals surface area contributed by atoms with Gasteiger partial charge in [-0.05, 0) is 44.7 Å². The zero-order valence-electron chi connectivity index (χ0n) is 15.5. The Balaban J connectivity index is 2.23. The van der Waals surface area contributed by atoms with Crippen LogP contribution in [-0.4, -0.2) is 22.9 Å². The van der Waals surface area contributed by atoms with Crippen molar-refractivity contribution >= 4 is 23.2 Å². The first-order valence-electron chi connectivity index (χ1n) is 8.40. The van der Waals surface area contributed by atoms with Gasteiger partial charge < -0.3 is 16.0 Å². The molecule has 1 heterocycles. The van der Waals surface area contributed by atoms with Gasteiger partial charge in [0.05, 0.1) is 17.8 Å². The summed E-state index contributed by atoms with van der Waals surface area (Å²) in [5.41, 5.74) is 0.204. The second-order valence-electron chi connectivity index (χ2n) is 8.80. The van der Waals surface area contributed by atoms with Crippen molar-refractivity contribution in [2.75, 3.05) is 10.6 Å². The monoisotopic (exact) mass is 331 g/mol. The quantitative estimate of drug-likeness (QED) is 0.793. The molecule has 1 unspecified atom stereocenters. The summed E-state index contributed by atoms with van der Waals surface area (Å²) in [7, 11) is 0. The molecule has 0 aromatic heterocycles. The topological polar surface area (TPSA) is 70.2 Å². The maximum atomic E-state index is 13.0. The summed E-state index contributed by atoms with van der Waals surface area (Å²) in [4.78, 5) is 25.2. The third kappa shape index (κ3) is 4.49. The summed E-state index contributed by atoms with van der Waals surface area (Å²) < 4.78 is 0. The van der Waals surface area contributed by atoms with E-state index in [1.807, 2.05) is 38.1 Å². The van der Waals surface area contributed by atoms with Crippen molar-refractivity contribution in [1.29, 1.82) is 0 Å². The minimum absolute atomic E-state index is 0.0825. The summed E-state index contributed by atoms with van der Waals surface area (Å²) in [6, 6.07) is 7.43. The highest BCUT2D eigenvalue weighted by Gasteiger charge is 2.40. The predicted octanol–water partition coefficient (Wildman–Crippen LogP) is 3.53. The molecule has 1 aromatic carbocycles. The zero-order valence-corrected chi connectivity index (χ0v) is 15.5. The molecule has 2 amide bonds. The van der Waals surface area contributed by atoms with E-state index in [0.717, 1.165) is 12.1 Å². The maximum absolute atomic E-state index is 13.0. The lowest BCUT2D eigenvalue weighted by atomic mass is 9.81. The van der Waals surface area contributed by atoms with E-state index in [2.05, 4.69) is 36.7 Å². The van der Waals surface area contributed by atoms with E-state index in [0.29, 0.717) is 5.69 Å². The largest absolute Gasteiger partial charge is 0.369 e. The number of anilines is 2. The number of amides is 2. The second kappa shape index (κ2) is 6.11. The van der Waals surface area contributed by atoms with E-state index < -0.39 is 5.54 Å². The van der Waals surface area contributed by atoms with Gasteiger partial charge in [0.2, 0.25) is 11.8 Å². The van der Waals surface area contributed by atoms with Crippen molar-refractivity contribution in [3.8, 4) is 0 Å². The third-order valence-corrected chi connectivity index (χ3v) is 4.05. The Morgan fingerprint density at radius 2 is 1.75 bits per heavy atom. The van der Waals surface area contributed by atoms with Crippen LogP contribution in [0.5, 0.6) is 0 Å². The van der Waals surface area contributed by atoms with Crippen LogP contribution in [0.3, 0.4) is 0 Å². The summed E-state index contributed by atoms with van der Waals surface area (Å²) in [5.74, 6) is -0.331. The smallest absolute Gasteiger partial charge is 0.246 e. The van der Waals surface area contributed by atoms with Crippen LogP contribution in [0.4, 0.5) is 11.4 Å². The Morgan fingerprint density at radius 3 is 2.33 bits per heavy atom. The predicted molar refractivity (Wildman–Crippen MR) is 98.0 cm³/mol. The number of fused-ring (bicyclic) bond motifs is 1. The fourth-order valence-electron chi connectivity index (χ4n) is 3.51. The summed E-state index contributed by atoms with van der Waals surface area (Å²) in [5, 5.41) is 9.23. The van der Waals surface area contributed by atoms with Crippen LogP contribution < -0.4 is 16.0 Å². The zero-order chi connectivity index (χ0) is 18.2. The number of para-hydroxylation sites is 2. The van der Waals surface area contributed by atoms with Crippen molar-refractivity contribution in [2.45, 2.75) is 65.5 Å². The maximum Gasteiger partial charge on any atom is 0.246 e. The second-order valence-corrected chi connectivity index (χ2v) is 8.80. The molecule has 5 heteroatoms. The number of hydrogen-bond donors (Lipinski definition) is 3. The molecule has 24 heavy (non-hydrogen) atoms. The van der Waals surface area contributed by atoms with Gasteiger partial charge in [-0.2, -0.15) is 0 Å². The molecule has 2 rings (SSSR count). The van der Waals surface area contributed by atoms with E-state index in [1.165, 1.54) is 0 Å². The Kier molecular flexibility index (Phi) is 4.66. The molecule has 0 spiro atoms. The SMILES string of the molecule is CC(C)(C)CC(C)(C)NC(=O)C1(C)CC(=O)Nc2ccccc2N1. The number of nitrogens with one attached hydrogen (secondary N) is 3. The van der Waals surface area contributed by atoms with Gasteiger partial charge in [-0.1, -0.05) is 32.9 Å². The first kappa shape index (κ1) is 18.3. The first-order chi connectivity index (χ1) is 10.9. The molecule has 0 aliphatic carbocycles. The lowest BCUT2D eigenvalue weighted by Gasteiger charge is -2.37. The highest BCUT2D eigenvalue weighted by Crippen LogP contribution is 2.32. The van der Waals surface area contributed by atoms with Crippen molar-refractivity contribution in [2.24, 2.45) is 5.41 Å². The Hall–Kier alpha value is -2.04. The highest BCUT2D eigenvalue weighted by molar-refractivity contribution is 6.03. The van der Waals surface area contributed by atoms with E-state index in [1.54, 1.807) is 6.92 Å². The summed E-state index contributed by atoms with van der Waals surface area (Å²) in [6.07, 6.45) is 0.920. The molecule has 0 saturated carbocycles. The first-order valence-corrected chi connectivity index (χ1v) is 8.40. The molecule has 3 N–H and O–H groups in total. The highest BCUT2D eigenvalue weighted by atomic mass is 16.2. The van der Waals surface area contributed by atoms with Crippen LogP contribution in [-0.2, 0) is 9.59 Å². The van der Waals surface area contributed by atoms with Gasteiger partial charge in [0.15, 0.2) is 0 Å². The molecule has 1 aromatic rings. The van der Waals surface area contributed by atoms with Gasteiger partial charge >= 0.3 is 0 Å². The van der Waals surface area contributed by atoms with Gasteiger partial charge in [0.25, 0.3) is 0 Å². The van der Waals surface area contributed by atoms with Crippen molar-refractivity contribution in [3.63, 3.8) is 0 Å². The Morgan fingerprint density at radius 1 is 1.17 bits per heavy atom. The molecule has 1 atom stereocenters. The van der Waals surface area contributed by atoms with Gasteiger partial charge in [-0.15, -0.1) is 0 Å². The van der Waals surface area contributed by atoms with Gasteiger partial charge in [-0.3, -0.25) is 9.59 Å². The molecular weight excluding hydrogens is 302 g/mol. The average Bonchev–Trinajstić information content (AvgIpc) is 2.50. The molecule has 0 fully saturated rings. The van der Waals surface area contributed by atoms with Crippen LogP contribution in [0.15, 0.2) is 24.3 Å². The van der Waals surface area contributed by atoms with Gasteiger partial charge in [-0.25, -0.2) is 0 Å².